The molecule has 2 atom stereocenters. The standard InChI is InChI=1S/C67H131NO5/c1-3-5-7-9-11-13-15-17-32-37-41-45-49-53-57-61-67(72)73-62-58-54-50-46-42-38-34-31-29-27-25-23-21-19-20-22-24-26-28-30-33-36-40-44-48-52-56-60-66(71)68-64(63-69)65(70)59-55-51-47-43-39-35-18-16-14-12-10-8-6-4-2/h17,32,64-65,69-70H,3-16,18-31,33-63H2,1-2H3,(H,68,71)/b32-17-. The lowest BCUT2D eigenvalue weighted by atomic mass is 10.0. The van der Waals surface area contributed by atoms with Gasteiger partial charge in [0.25, 0.3) is 0 Å². The molecule has 2 unspecified atom stereocenters. The zero-order valence-electron chi connectivity index (χ0n) is 49.6. The minimum absolute atomic E-state index is 0.0109. The van der Waals surface area contributed by atoms with E-state index in [1.807, 2.05) is 0 Å². The third-order valence-electron chi connectivity index (χ3n) is 15.8. The zero-order chi connectivity index (χ0) is 52.9. The Kier molecular flexibility index (Phi) is 61.9. The predicted molar refractivity (Wildman–Crippen MR) is 320 cm³/mol. The van der Waals surface area contributed by atoms with E-state index in [9.17, 15) is 19.8 Å². The zero-order valence-corrected chi connectivity index (χ0v) is 49.6. The molecular formula is C67H131NO5. The first-order chi connectivity index (χ1) is 36.0. The van der Waals surface area contributed by atoms with Crippen molar-refractivity contribution in [3.05, 3.63) is 12.2 Å². The smallest absolute Gasteiger partial charge is 0.305 e. The van der Waals surface area contributed by atoms with Gasteiger partial charge in [-0.3, -0.25) is 9.59 Å². The van der Waals surface area contributed by atoms with Gasteiger partial charge in [-0.1, -0.05) is 328 Å². The number of hydrogen-bond acceptors (Lipinski definition) is 5. The fourth-order valence-corrected chi connectivity index (χ4v) is 10.7. The Labute approximate surface area is 457 Å². The van der Waals surface area contributed by atoms with Crippen molar-refractivity contribution < 1.29 is 24.5 Å². The van der Waals surface area contributed by atoms with Gasteiger partial charge >= 0.3 is 5.97 Å². The molecule has 0 rings (SSSR count). The van der Waals surface area contributed by atoms with Gasteiger partial charge in [0.05, 0.1) is 25.4 Å². The summed E-state index contributed by atoms with van der Waals surface area (Å²) in [5.41, 5.74) is 0. The number of ether oxygens (including phenoxy) is 1. The summed E-state index contributed by atoms with van der Waals surface area (Å²) >= 11 is 0. The van der Waals surface area contributed by atoms with E-state index < -0.39 is 12.1 Å². The molecule has 0 radical (unpaired) electrons. The van der Waals surface area contributed by atoms with Gasteiger partial charge in [-0.15, -0.1) is 0 Å². The molecule has 0 aromatic carbocycles. The number of nitrogens with one attached hydrogen (secondary N) is 1. The molecular weight excluding hydrogens is 899 g/mol. The van der Waals surface area contributed by atoms with Crippen LogP contribution in [0.3, 0.4) is 0 Å². The van der Waals surface area contributed by atoms with E-state index in [1.165, 1.54) is 302 Å². The molecule has 0 aromatic rings. The molecule has 0 saturated heterocycles. The van der Waals surface area contributed by atoms with Gasteiger partial charge in [-0.2, -0.15) is 0 Å². The Morgan fingerprint density at radius 3 is 0.973 bits per heavy atom. The van der Waals surface area contributed by atoms with Gasteiger partial charge in [0.2, 0.25) is 5.91 Å². The highest BCUT2D eigenvalue weighted by atomic mass is 16.5. The van der Waals surface area contributed by atoms with Crippen LogP contribution >= 0.6 is 0 Å². The van der Waals surface area contributed by atoms with Gasteiger partial charge in [0.1, 0.15) is 0 Å². The molecule has 3 N–H and O–H groups in total. The number of amides is 1. The Morgan fingerprint density at radius 2 is 0.644 bits per heavy atom. The summed E-state index contributed by atoms with van der Waals surface area (Å²) < 4.78 is 5.49. The predicted octanol–water partition coefficient (Wildman–Crippen LogP) is 21.2. The van der Waals surface area contributed by atoms with E-state index in [-0.39, 0.29) is 18.5 Å². The van der Waals surface area contributed by atoms with Crippen LogP contribution in [-0.4, -0.2) is 47.4 Å². The van der Waals surface area contributed by atoms with E-state index >= 15 is 0 Å². The van der Waals surface area contributed by atoms with Crippen LogP contribution in [0.4, 0.5) is 0 Å². The molecule has 0 fully saturated rings. The number of aliphatic hydroxyl groups excluding tert-OH is 2. The molecule has 0 aliphatic carbocycles. The molecule has 6 heteroatoms. The second kappa shape index (κ2) is 63.1. The van der Waals surface area contributed by atoms with Crippen LogP contribution in [0.2, 0.25) is 0 Å². The Balaban J connectivity index is 3.33. The highest BCUT2D eigenvalue weighted by Gasteiger charge is 2.20. The number of aliphatic hydroxyl groups is 2. The molecule has 0 aliphatic rings. The highest BCUT2D eigenvalue weighted by molar-refractivity contribution is 5.76. The molecule has 0 aliphatic heterocycles. The quantitative estimate of drug-likeness (QED) is 0.0320. The van der Waals surface area contributed by atoms with Gasteiger partial charge < -0.3 is 20.3 Å². The molecule has 0 saturated carbocycles. The van der Waals surface area contributed by atoms with Crippen LogP contribution in [0, 0.1) is 0 Å². The maximum absolute atomic E-state index is 12.5. The van der Waals surface area contributed by atoms with E-state index in [4.69, 9.17) is 4.74 Å². The van der Waals surface area contributed by atoms with Crippen LogP contribution in [0.5, 0.6) is 0 Å². The van der Waals surface area contributed by atoms with Gasteiger partial charge in [-0.25, -0.2) is 0 Å². The van der Waals surface area contributed by atoms with Crippen molar-refractivity contribution in [1.82, 2.24) is 5.32 Å². The number of carbonyl (C=O) groups is 2. The van der Waals surface area contributed by atoms with Crippen LogP contribution in [0.25, 0.3) is 0 Å². The molecule has 0 heterocycles. The number of unbranched alkanes of at least 4 members (excludes halogenated alkanes) is 50. The summed E-state index contributed by atoms with van der Waals surface area (Å²) in [4.78, 5) is 24.6. The van der Waals surface area contributed by atoms with Crippen molar-refractivity contribution in [1.29, 1.82) is 0 Å². The molecule has 6 nitrogen and oxygen atoms in total. The summed E-state index contributed by atoms with van der Waals surface area (Å²) in [5, 5.41) is 23.3. The van der Waals surface area contributed by atoms with E-state index in [0.29, 0.717) is 25.9 Å². The summed E-state index contributed by atoms with van der Waals surface area (Å²) in [6.07, 6.45) is 76.7. The number of hydrogen-bond donors (Lipinski definition) is 3. The fourth-order valence-electron chi connectivity index (χ4n) is 10.7. The molecule has 0 spiro atoms. The minimum Gasteiger partial charge on any atom is -0.466 e. The molecule has 73 heavy (non-hydrogen) atoms. The third-order valence-corrected chi connectivity index (χ3v) is 15.8. The van der Waals surface area contributed by atoms with Crippen molar-refractivity contribution in [2.75, 3.05) is 13.2 Å². The Bertz CT molecular complexity index is 1100. The maximum atomic E-state index is 12.5. The summed E-state index contributed by atoms with van der Waals surface area (Å²) in [6.45, 7) is 4.98. The number of rotatable bonds is 63. The topological polar surface area (TPSA) is 95.9 Å². The largest absolute Gasteiger partial charge is 0.466 e. The second-order valence-electron chi connectivity index (χ2n) is 23.2. The Morgan fingerprint density at radius 1 is 0.370 bits per heavy atom. The van der Waals surface area contributed by atoms with Crippen LogP contribution < -0.4 is 5.32 Å². The Hall–Kier alpha value is -1.40. The summed E-state index contributed by atoms with van der Waals surface area (Å²) in [5.74, 6) is -0.0188. The van der Waals surface area contributed by atoms with E-state index in [1.54, 1.807) is 0 Å². The van der Waals surface area contributed by atoms with Gasteiger partial charge in [0, 0.05) is 12.8 Å². The summed E-state index contributed by atoms with van der Waals surface area (Å²) in [6, 6.07) is -0.538. The van der Waals surface area contributed by atoms with Crippen molar-refractivity contribution in [2.24, 2.45) is 0 Å². The number of esters is 1. The van der Waals surface area contributed by atoms with Gasteiger partial charge in [-0.05, 0) is 51.4 Å². The molecule has 0 bridgehead atoms. The second-order valence-corrected chi connectivity index (χ2v) is 23.2. The molecule has 1 amide bonds. The van der Waals surface area contributed by atoms with Crippen LogP contribution in [0.15, 0.2) is 12.2 Å². The average Bonchev–Trinajstić information content (AvgIpc) is 3.39. The monoisotopic (exact) mass is 1030 g/mol. The van der Waals surface area contributed by atoms with Crippen LogP contribution in [0.1, 0.15) is 380 Å². The van der Waals surface area contributed by atoms with Crippen molar-refractivity contribution >= 4 is 11.9 Å². The lowest BCUT2D eigenvalue weighted by molar-refractivity contribution is -0.143. The van der Waals surface area contributed by atoms with Crippen molar-refractivity contribution in [2.45, 2.75) is 392 Å². The third kappa shape index (κ3) is 59.7. The highest BCUT2D eigenvalue weighted by Crippen LogP contribution is 2.19. The minimum atomic E-state index is -0.661. The first-order valence-electron chi connectivity index (χ1n) is 33.4. The summed E-state index contributed by atoms with van der Waals surface area (Å²) in [7, 11) is 0. The lowest BCUT2D eigenvalue weighted by Crippen LogP contribution is -2.45. The number of allylic oxidation sites excluding steroid dienone is 2. The first-order valence-corrected chi connectivity index (χ1v) is 33.4. The van der Waals surface area contributed by atoms with Crippen molar-refractivity contribution in [3.8, 4) is 0 Å². The molecule has 0 aromatic heterocycles. The van der Waals surface area contributed by atoms with E-state index in [0.717, 1.165) is 44.9 Å². The normalized spacial score (nSPS) is 12.5. The SMILES string of the molecule is CCCCCCCC/C=C\CCCCCCCC(=O)OCCCCCCCCCCCCCCCCCCCCCCCCCCCCCC(=O)NC(CO)C(O)CCCCCCCCCCCCCCCC. The average molecular weight is 1030 g/mol. The van der Waals surface area contributed by atoms with Crippen LogP contribution in [-0.2, 0) is 14.3 Å². The first kappa shape index (κ1) is 71.6. The molecule has 434 valence electrons. The maximum Gasteiger partial charge on any atom is 0.305 e. The fraction of sp³-hybridized carbons (Fsp3) is 0.940. The van der Waals surface area contributed by atoms with Gasteiger partial charge in [0.15, 0.2) is 0 Å². The van der Waals surface area contributed by atoms with E-state index in [2.05, 4.69) is 31.3 Å². The lowest BCUT2D eigenvalue weighted by Gasteiger charge is -2.22. The number of carbonyl (C=O) groups excluding carboxylic acids is 2. The van der Waals surface area contributed by atoms with Crippen molar-refractivity contribution in [3.63, 3.8) is 0 Å².